The van der Waals surface area contributed by atoms with Gasteiger partial charge in [-0.15, -0.1) is 0 Å². The van der Waals surface area contributed by atoms with Crippen LogP contribution in [0.1, 0.15) is 11.3 Å². The van der Waals surface area contributed by atoms with E-state index in [0.717, 1.165) is 5.56 Å². The molecule has 2 heterocycles. The topological polar surface area (TPSA) is 85.7 Å². The van der Waals surface area contributed by atoms with E-state index in [9.17, 15) is 14.3 Å². The average Bonchev–Trinajstić information content (AvgIpc) is 3.33. The van der Waals surface area contributed by atoms with Gasteiger partial charge in [0.05, 0.1) is 10.9 Å². The van der Waals surface area contributed by atoms with Gasteiger partial charge in [0.2, 0.25) is 0 Å². The first-order valence-electron chi connectivity index (χ1n) is 10.2. The number of aromatic hydroxyl groups is 1. The van der Waals surface area contributed by atoms with Crippen LogP contribution in [0.3, 0.4) is 0 Å². The van der Waals surface area contributed by atoms with Crippen molar-refractivity contribution in [3.05, 3.63) is 101 Å². The van der Waals surface area contributed by atoms with Crippen LogP contribution in [0.4, 0.5) is 4.39 Å². The Morgan fingerprint density at radius 1 is 0.970 bits per heavy atom. The number of phenols is 1. The number of alkyl halides is 1. The average molecular weight is 443 g/mol. The number of aromatic nitrogens is 1. The molecular weight excluding hydrogens is 425 g/mol. The Hall–Kier alpha value is -4.39. The SMILES string of the molecule is O=c1c(-c2ccc(O)cc2)coc2cc(OCc3cc(-c4cccc(CF)c4)on3)ccc12. The van der Waals surface area contributed by atoms with Gasteiger partial charge in [-0.3, -0.25) is 4.79 Å². The second-order valence-electron chi connectivity index (χ2n) is 7.49. The summed E-state index contributed by atoms with van der Waals surface area (Å²) < 4.78 is 29.7. The van der Waals surface area contributed by atoms with Crippen LogP contribution in [-0.2, 0) is 13.3 Å². The molecule has 0 fully saturated rings. The zero-order valence-corrected chi connectivity index (χ0v) is 17.3. The Balaban J connectivity index is 1.34. The van der Waals surface area contributed by atoms with Crippen LogP contribution in [-0.4, -0.2) is 10.3 Å². The Morgan fingerprint density at radius 2 is 1.82 bits per heavy atom. The molecular formula is C26H18FNO5. The largest absolute Gasteiger partial charge is 0.508 e. The lowest BCUT2D eigenvalue weighted by molar-refractivity contribution is 0.290. The summed E-state index contributed by atoms with van der Waals surface area (Å²) in [6.45, 7) is -0.403. The molecule has 1 N–H and O–H groups in total. The van der Waals surface area contributed by atoms with E-state index < -0.39 is 6.67 Å². The third-order valence-corrected chi connectivity index (χ3v) is 5.24. The van der Waals surface area contributed by atoms with Gasteiger partial charge in [-0.1, -0.05) is 35.5 Å². The minimum atomic E-state index is -0.549. The molecule has 0 saturated heterocycles. The minimum Gasteiger partial charge on any atom is -0.508 e. The summed E-state index contributed by atoms with van der Waals surface area (Å²) in [6, 6.07) is 20.1. The normalized spacial score (nSPS) is 11.1. The molecule has 0 bridgehead atoms. The molecule has 2 aromatic heterocycles. The molecule has 0 unspecified atom stereocenters. The predicted molar refractivity (Wildman–Crippen MR) is 121 cm³/mol. The summed E-state index contributed by atoms with van der Waals surface area (Å²) in [4.78, 5) is 12.9. The van der Waals surface area contributed by atoms with E-state index in [1.54, 1.807) is 54.6 Å². The van der Waals surface area contributed by atoms with E-state index in [4.69, 9.17) is 13.7 Å². The van der Waals surface area contributed by atoms with E-state index in [-0.39, 0.29) is 17.8 Å². The molecule has 0 atom stereocenters. The number of rotatable bonds is 6. The first-order chi connectivity index (χ1) is 16.1. The number of hydrogen-bond acceptors (Lipinski definition) is 6. The number of nitrogens with zero attached hydrogens (tertiary/aromatic N) is 1. The molecule has 0 aliphatic rings. The maximum atomic E-state index is 12.9. The summed E-state index contributed by atoms with van der Waals surface area (Å²) in [7, 11) is 0. The van der Waals surface area contributed by atoms with Gasteiger partial charge >= 0.3 is 0 Å². The number of benzene rings is 3. The maximum Gasteiger partial charge on any atom is 0.200 e. The molecule has 33 heavy (non-hydrogen) atoms. The summed E-state index contributed by atoms with van der Waals surface area (Å²) in [5.74, 6) is 1.15. The molecule has 5 aromatic rings. The highest BCUT2D eigenvalue weighted by Gasteiger charge is 2.12. The third-order valence-electron chi connectivity index (χ3n) is 5.24. The molecule has 3 aromatic carbocycles. The van der Waals surface area contributed by atoms with Gasteiger partial charge in [0.25, 0.3) is 0 Å². The van der Waals surface area contributed by atoms with Gasteiger partial charge < -0.3 is 18.8 Å². The van der Waals surface area contributed by atoms with Crippen LogP contribution in [0, 0.1) is 0 Å². The molecule has 7 heteroatoms. The summed E-state index contributed by atoms with van der Waals surface area (Å²) in [5.41, 5.74) is 3.15. The first kappa shape index (κ1) is 20.5. The summed E-state index contributed by atoms with van der Waals surface area (Å²) in [6.07, 6.45) is 1.40. The molecule has 0 spiro atoms. The van der Waals surface area contributed by atoms with E-state index in [2.05, 4.69) is 5.16 Å². The fourth-order valence-corrected chi connectivity index (χ4v) is 3.52. The zero-order chi connectivity index (χ0) is 22.8. The van der Waals surface area contributed by atoms with Crippen LogP contribution < -0.4 is 10.2 Å². The second kappa shape index (κ2) is 8.63. The van der Waals surface area contributed by atoms with Crippen molar-refractivity contribution in [1.29, 1.82) is 0 Å². The summed E-state index contributed by atoms with van der Waals surface area (Å²) in [5, 5.41) is 13.9. The van der Waals surface area contributed by atoms with Crippen molar-refractivity contribution < 1.29 is 23.2 Å². The third kappa shape index (κ3) is 4.21. The molecule has 164 valence electrons. The molecule has 6 nitrogen and oxygen atoms in total. The first-order valence-corrected chi connectivity index (χ1v) is 10.2. The second-order valence-corrected chi connectivity index (χ2v) is 7.49. The van der Waals surface area contributed by atoms with E-state index in [0.29, 0.717) is 44.9 Å². The van der Waals surface area contributed by atoms with Gasteiger partial charge in [0, 0.05) is 17.7 Å². The number of ether oxygens (including phenoxy) is 1. The van der Waals surface area contributed by atoms with Gasteiger partial charge in [-0.2, -0.15) is 0 Å². The van der Waals surface area contributed by atoms with Crippen molar-refractivity contribution in [3.63, 3.8) is 0 Å². The maximum absolute atomic E-state index is 12.9. The lowest BCUT2D eigenvalue weighted by atomic mass is 10.1. The van der Waals surface area contributed by atoms with Crippen LogP contribution in [0.5, 0.6) is 11.5 Å². The van der Waals surface area contributed by atoms with Crippen molar-refractivity contribution >= 4 is 11.0 Å². The minimum absolute atomic E-state index is 0.123. The lowest BCUT2D eigenvalue weighted by Gasteiger charge is -2.06. The van der Waals surface area contributed by atoms with Crippen LogP contribution >= 0.6 is 0 Å². The summed E-state index contributed by atoms with van der Waals surface area (Å²) >= 11 is 0. The molecule has 0 saturated carbocycles. The van der Waals surface area contributed by atoms with Gasteiger partial charge in [-0.25, -0.2) is 4.39 Å². The van der Waals surface area contributed by atoms with Gasteiger partial charge in [0.15, 0.2) is 11.2 Å². The molecule has 0 radical (unpaired) electrons. The smallest absolute Gasteiger partial charge is 0.200 e. The van der Waals surface area contributed by atoms with Crippen molar-refractivity contribution in [2.24, 2.45) is 0 Å². The number of fused-ring (bicyclic) bond motifs is 1. The van der Waals surface area contributed by atoms with Gasteiger partial charge in [0.1, 0.15) is 42.3 Å². The fourth-order valence-electron chi connectivity index (χ4n) is 3.52. The quantitative estimate of drug-likeness (QED) is 0.353. The Labute approximate surface area is 187 Å². The standard InChI is InChI=1S/C26H18FNO5/c27-13-16-2-1-3-18(10-16)24-11-19(28-33-24)14-31-21-8-9-22-25(12-21)32-15-23(26(22)30)17-4-6-20(29)7-5-17/h1-12,15,29H,13-14H2. The highest BCUT2D eigenvalue weighted by atomic mass is 19.1. The van der Waals surface area contributed by atoms with E-state index in [1.807, 2.05) is 6.07 Å². The van der Waals surface area contributed by atoms with Crippen LogP contribution in [0.2, 0.25) is 0 Å². The Kier molecular flexibility index (Phi) is 5.36. The van der Waals surface area contributed by atoms with Crippen molar-refractivity contribution in [2.75, 3.05) is 0 Å². The molecule has 0 aliphatic carbocycles. The van der Waals surface area contributed by atoms with Gasteiger partial charge in [-0.05, 0) is 41.5 Å². The monoisotopic (exact) mass is 443 g/mol. The molecule has 0 aliphatic heterocycles. The zero-order valence-electron chi connectivity index (χ0n) is 17.3. The number of halogens is 1. The molecule has 5 rings (SSSR count). The highest BCUT2D eigenvalue weighted by Crippen LogP contribution is 2.26. The molecule has 0 amide bonds. The van der Waals surface area contributed by atoms with E-state index >= 15 is 0 Å². The number of phenolic OH excluding ortho intramolecular Hbond substituents is 1. The lowest BCUT2D eigenvalue weighted by Crippen LogP contribution is -2.05. The van der Waals surface area contributed by atoms with E-state index in [1.165, 1.54) is 18.4 Å². The fraction of sp³-hybridized carbons (Fsp3) is 0.0769. The Bertz CT molecular complexity index is 1490. The predicted octanol–water partition coefficient (Wildman–Crippen LogP) is 5.87. The van der Waals surface area contributed by atoms with Crippen molar-refractivity contribution in [1.82, 2.24) is 5.16 Å². The highest BCUT2D eigenvalue weighted by molar-refractivity contribution is 5.82. The van der Waals surface area contributed by atoms with Crippen molar-refractivity contribution in [3.8, 4) is 33.9 Å². The van der Waals surface area contributed by atoms with Crippen molar-refractivity contribution in [2.45, 2.75) is 13.3 Å². The number of hydrogen-bond donors (Lipinski definition) is 1. The van der Waals surface area contributed by atoms with Crippen LogP contribution in [0.25, 0.3) is 33.4 Å². The van der Waals surface area contributed by atoms with Crippen LogP contribution in [0.15, 0.2) is 92.8 Å². The Morgan fingerprint density at radius 3 is 2.64 bits per heavy atom.